The van der Waals surface area contributed by atoms with Gasteiger partial charge in [-0.1, -0.05) is 6.92 Å². The van der Waals surface area contributed by atoms with Crippen molar-refractivity contribution in [1.29, 1.82) is 0 Å². The molecule has 0 bridgehead atoms. The standard InChI is InChI=1S/C21H24N2O3/c1-2-20(24)22-16-9-11-17(12-10-16)23-21(25)15-7-13-19(14-8-15)26-18-5-3-4-6-18/h7-14,18H,2-6H2,1H3,(H,22,24)(H,23,25). The summed E-state index contributed by atoms with van der Waals surface area (Å²) < 4.78 is 5.92. The van der Waals surface area contributed by atoms with E-state index in [1.807, 2.05) is 12.1 Å². The van der Waals surface area contributed by atoms with Crippen LogP contribution < -0.4 is 15.4 Å². The zero-order valence-corrected chi connectivity index (χ0v) is 15.0. The molecule has 0 unspecified atom stereocenters. The van der Waals surface area contributed by atoms with Crippen LogP contribution in [0.4, 0.5) is 11.4 Å². The minimum Gasteiger partial charge on any atom is -0.490 e. The summed E-state index contributed by atoms with van der Waals surface area (Å²) in [7, 11) is 0. The maximum atomic E-state index is 12.4. The molecule has 136 valence electrons. The Morgan fingerprint density at radius 1 is 0.923 bits per heavy atom. The van der Waals surface area contributed by atoms with Crippen LogP contribution in [-0.4, -0.2) is 17.9 Å². The van der Waals surface area contributed by atoms with Crippen molar-refractivity contribution in [3.8, 4) is 5.75 Å². The van der Waals surface area contributed by atoms with E-state index in [4.69, 9.17) is 4.74 Å². The number of amides is 2. The molecule has 1 fully saturated rings. The molecule has 5 nitrogen and oxygen atoms in total. The van der Waals surface area contributed by atoms with E-state index in [0.29, 0.717) is 29.5 Å². The normalized spacial score (nSPS) is 14.0. The van der Waals surface area contributed by atoms with Gasteiger partial charge in [0.25, 0.3) is 5.91 Å². The van der Waals surface area contributed by atoms with Crippen molar-refractivity contribution in [1.82, 2.24) is 0 Å². The molecule has 0 radical (unpaired) electrons. The predicted octanol–water partition coefficient (Wildman–Crippen LogP) is 4.61. The number of anilines is 2. The van der Waals surface area contributed by atoms with Crippen molar-refractivity contribution in [3.63, 3.8) is 0 Å². The van der Waals surface area contributed by atoms with Gasteiger partial charge in [-0.15, -0.1) is 0 Å². The van der Waals surface area contributed by atoms with E-state index >= 15 is 0 Å². The van der Waals surface area contributed by atoms with Crippen LogP contribution in [-0.2, 0) is 4.79 Å². The molecule has 0 aliphatic heterocycles. The lowest BCUT2D eigenvalue weighted by Crippen LogP contribution is -2.13. The molecule has 2 amide bonds. The van der Waals surface area contributed by atoms with E-state index in [-0.39, 0.29) is 11.8 Å². The van der Waals surface area contributed by atoms with Crippen molar-refractivity contribution in [2.75, 3.05) is 10.6 Å². The minimum absolute atomic E-state index is 0.0401. The first-order valence-corrected chi connectivity index (χ1v) is 9.12. The molecule has 2 aromatic rings. The maximum Gasteiger partial charge on any atom is 0.255 e. The molecule has 1 saturated carbocycles. The summed E-state index contributed by atoms with van der Waals surface area (Å²) in [6.07, 6.45) is 5.41. The fourth-order valence-corrected chi connectivity index (χ4v) is 2.97. The molecule has 5 heteroatoms. The third-order valence-electron chi connectivity index (χ3n) is 4.47. The monoisotopic (exact) mass is 352 g/mol. The summed E-state index contributed by atoms with van der Waals surface area (Å²) in [5, 5.41) is 5.63. The lowest BCUT2D eigenvalue weighted by molar-refractivity contribution is -0.115. The zero-order chi connectivity index (χ0) is 18.4. The van der Waals surface area contributed by atoms with Gasteiger partial charge < -0.3 is 15.4 Å². The third-order valence-corrected chi connectivity index (χ3v) is 4.47. The molecule has 0 aromatic heterocycles. The van der Waals surface area contributed by atoms with Gasteiger partial charge in [0.1, 0.15) is 5.75 Å². The van der Waals surface area contributed by atoms with Gasteiger partial charge in [-0.3, -0.25) is 9.59 Å². The van der Waals surface area contributed by atoms with E-state index in [0.717, 1.165) is 18.6 Å². The Balaban J connectivity index is 1.56. The van der Waals surface area contributed by atoms with Crippen LogP contribution in [0, 0.1) is 0 Å². The number of carbonyl (C=O) groups is 2. The lowest BCUT2D eigenvalue weighted by atomic mass is 10.2. The highest BCUT2D eigenvalue weighted by Crippen LogP contribution is 2.24. The van der Waals surface area contributed by atoms with Gasteiger partial charge >= 0.3 is 0 Å². The van der Waals surface area contributed by atoms with Gasteiger partial charge in [0.15, 0.2) is 0 Å². The van der Waals surface area contributed by atoms with Gasteiger partial charge in [-0.25, -0.2) is 0 Å². The molecular weight excluding hydrogens is 328 g/mol. The Hall–Kier alpha value is -2.82. The molecule has 2 aromatic carbocycles. The largest absolute Gasteiger partial charge is 0.490 e. The van der Waals surface area contributed by atoms with Gasteiger partial charge in [-0.05, 0) is 74.2 Å². The molecule has 0 saturated heterocycles. The summed E-state index contributed by atoms with van der Waals surface area (Å²) in [5.41, 5.74) is 1.96. The summed E-state index contributed by atoms with van der Waals surface area (Å²) in [4.78, 5) is 23.7. The Bertz CT molecular complexity index is 748. The number of benzene rings is 2. The number of rotatable bonds is 6. The zero-order valence-electron chi connectivity index (χ0n) is 15.0. The van der Waals surface area contributed by atoms with Crippen molar-refractivity contribution in [2.24, 2.45) is 0 Å². The van der Waals surface area contributed by atoms with Crippen molar-refractivity contribution < 1.29 is 14.3 Å². The SMILES string of the molecule is CCC(=O)Nc1ccc(NC(=O)c2ccc(OC3CCCC3)cc2)cc1. The second-order valence-electron chi connectivity index (χ2n) is 6.48. The second kappa shape index (κ2) is 8.52. The molecule has 2 N–H and O–H groups in total. The summed E-state index contributed by atoms with van der Waals surface area (Å²) in [6.45, 7) is 1.80. The number of nitrogens with one attached hydrogen (secondary N) is 2. The van der Waals surface area contributed by atoms with Crippen LogP contribution in [0.25, 0.3) is 0 Å². The van der Waals surface area contributed by atoms with Crippen molar-refractivity contribution in [2.45, 2.75) is 45.1 Å². The summed E-state index contributed by atoms with van der Waals surface area (Å²) in [5.74, 6) is 0.592. The number of ether oxygens (including phenoxy) is 1. The van der Waals surface area contributed by atoms with Crippen molar-refractivity contribution in [3.05, 3.63) is 54.1 Å². The predicted molar refractivity (Wildman–Crippen MR) is 103 cm³/mol. The average molecular weight is 352 g/mol. The first-order valence-electron chi connectivity index (χ1n) is 9.12. The lowest BCUT2D eigenvalue weighted by Gasteiger charge is -2.13. The van der Waals surface area contributed by atoms with Crippen LogP contribution in [0.1, 0.15) is 49.4 Å². The fraction of sp³-hybridized carbons (Fsp3) is 0.333. The first kappa shape index (κ1) is 18.0. The van der Waals surface area contributed by atoms with E-state index < -0.39 is 0 Å². The Morgan fingerprint density at radius 2 is 1.50 bits per heavy atom. The van der Waals surface area contributed by atoms with Gasteiger partial charge in [0.05, 0.1) is 6.10 Å². The summed E-state index contributed by atoms with van der Waals surface area (Å²) >= 11 is 0. The fourth-order valence-electron chi connectivity index (χ4n) is 2.97. The van der Waals surface area contributed by atoms with Crippen LogP contribution in [0.15, 0.2) is 48.5 Å². The molecular formula is C21H24N2O3. The first-order chi connectivity index (χ1) is 12.6. The van der Waals surface area contributed by atoms with Gasteiger partial charge in [0, 0.05) is 23.4 Å². The molecule has 0 spiro atoms. The Kier molecular flexibility index (Phi) is 5.89. The number of hydrogen-bond donors (Lipinski definition) is 2. The van der Waals surface area contributed by atoms with Crippen LogP contribution in [0.5, 0.6) is 5.75 Å². The molecule has 1 aliphatic carbocycles. The quantitative estimate of drug-likeness (QED) is 0.798. The number of hydrogen-bond acceptors (Lipinski definition) is 3. The van der Waals surface area contributed by atoms with E-state index in [2.05, 4.69) is 10.6 Å². The van der Waals surface area contributed by atoms with Crippen LogP contribution in [0.3, 0.4) is 0 Å². The molecule has 0 atom stereocenters. The van der Waals surface area contributed by atoms with Gasteiger partial charge in [-0.2, -0.15) is 0 Å². The number of carbonyl (C=O) groups excluding carboxylic acids is 2. The van der Waals surface area contributed by atoms with E-state index in [1.165, 1.54) is 12.8 Å². The third kappa shape index (κ3) is 4.85. The van der Waals surface area contributed by atoms with E-state index in [1.54, 1.807) is 43.3 Å². The van der Waals surface area contributed by atoms with Gasteiger partial charge in [0.2, 0.25) is 5.91 Å². The van der Waals surface area contributed by atoms with E-state index in [9.17, 15) is 9.59 Å². The summed E-state index contributed by atoms with van der Waals surface area (Å²) in [6, 6.07) is 14.3. The highest BCUT2D eigenvalue weighted by molar-refractivity contribution is 6.04. The maximum absolute atomic E-state index is 12.4. The second-order valence-corrected chi connectivity index (χ2v) is 6.48. The molecule has 1 aliphatic rings. The van der Waals surface area contributed by atoms with Crippen LogP contribution >= 0.6 is 0 Å². The Labute approximate surface area is 153 Å². The molecule has 3 rings (SSSR count). The minimum atomic E-state index is -0.178. The van der Waals surface area contributed by atoms with Crippen LogP contribution in [0.2, 0.25) is 0 Å². The molecule has 0 heterocycles. The van der Waals surface area contributed by atoms with Crippen molar-refractivity contribution >= 4 is 23.2 Å². The topological polar surface area (TPSA) is 67.4 Å². The highest BCUT2D eigenvalue weighted by Gasteiger charge is 2.16. The average Bonchev–Trinajstić information content (AvgIpc) is 3.17. The Morgan fingerprint density at radius 3 is 2.08 bits per heavy atom. The smallest absolute Gasteiger partial charge is 0.255 e. The highest BCUT2D eigenvalue weighted by atomic mass is 16.5. The molecule has 26 heavy (non-hydrogen) atoms.